The summed E-state index contributed by atoms with van der Waals surface area (Å²) in [6.07, 6.45) is 0.996. The zero-order valence-corrected chi connectivity index (χ0v) is 20.5. The highest BCUT2D eigenvalue weighted by atomic mass is 31.2. The van der Waals surface area contributed by atoms with E-state index in [0.29, 0.717) is 0 Å². The van der Waals surface area contributed by atoms with Crippen LogP contribution in [0.5, 0.6) is 0 Å². The average Bonchev–Trinajstić information content (AvgIpc) is 3.21. The standard InChI is InChI=1S/C32H24BOP/c1-2-33-27-18-10-8-16-25(27)30-26-17-9-11-19-28(26)35(34,23-13-4-3-5-14-23)29-21-20-22-12-6-7-15-24(22)31(29)32(30)33/h3-21H,2H2,1H3. The Labute approximate surface area is 206 Å². The van der Waals surface area contributed by atoms with Crippen molar-refractivity contribution < 1.29 is 4.57 Å². The third-order valence-corrected chi connectivity index (χ3v) is 10.9. The van der Waals surface area contributed by atoms with E-state index in [1.807, 2.05) is 36.4 Å². The number of hydrogen-bond donors (Lipinski definition) is 0. The van der Waals surface area contributed by atoms with Crippen LogP contribution in [-0.4, -0.2) is 6.71 Å². The molecule has 0 fully saturated rings. The summed E-state index contributed by atoms with van der Waals surface area (Å²) in [7, 11) is -3.14. The van der Waals surface area contributed by atoms with Gasteiger partial charge in [0.25, 0.3) is 0 Å². The Bertz CT molecular complexity index is 1720. The van der Waals surface area contributed by atoms with E-state index in [-0.39, 0.29) is 6.71 Å². The van der Waals surface area contributed by atoms with Crippen LogP contribution in [0.2, 0.25) is 6.32 Å². The van der Waals surface area contributed by atoms with Crippen molar-refractivity contribution in [2.24, 2.45) is 0 Å². The summed E-state index contributed by atoms with van der Waals surface area (Å²) < 4.78 is 15.7. The monoisotopic (exact) mass is 466 g/mol. The van der Waals surface area contributed by atoms with Crippen LogP contribution in [0.3, 0.4) is 0 Å². The molecule has 0 spiro atoms. The van der Waals surface area contributed by atoms with Gasteiger partial charge in [0, 0.05) is 15.9 Å². The Morgan fingerprint density at radius 3 is 2.17 bits per heavy atom. The van der Waals surface area contributed by atoms with Crippen molar-refractivity contribution >= 4 is 57.0 Å². The van der Waals surface area contributed by atoms with Crippen LogP contribution in [0.1, 0.15) is 23.6 Å². The number of benzene rings is 5. The van der Waals surface area contributed by atoms with Crippen molar-refractivity contribution in [1.82, 2.24) is 0 Å². The Morgan fingerprint density at radius 1 is 0.657 bits per heavy atom. The molecule has 5 aromatic rings. The molecule has 0 N–H and O–H groups in total. The van der Waals surface area contributed by atoms with Crippen molar-refractivity contribution in [3.05, 3.63) is 132 Å². The minimum Gasteiger partial charge on any atom is -0.309 e. The molecule has 1 nitrogen and oxygen atoms in total. The molecule has 0 amide bonds. The number of hydrogen-bond acceptors (Lipinski definition) is 1. The molecule has 35 heavy (non-hydrogen) atoms. The maximum atomic E-state index is 15.7. The van der Waals surface area contributed by atoms with Crippen LogP contribution in [0.25, 0.3) is 21.8 Å². The fourth-order valence-electron chi connectivity index (χ4n) is 6.33. The quantitative estimate of drug-likeness (QED) is 0.230. The predicted octanol–water partition coefficient (Wildman–Crippen LogP) is 6.03. The molecule has 0 aliphatic carbocycles. The molecule has 0 aromatic heterocycles. The van der Waals surface area contributed by atoms with E-state index in [0.717, 1.165) is 27.8 Å². The molecule has 1 atom stereocenters. The van der Waals surface area contributed by atoms with E-state index in [9.17, 15) is 0 Å². The minimum atomic E-state index is -3.14. The summed E-state index contributed by atoms with van der Waals surface area (Å²) in [5.41, 5.74) is 7.53. The zero-order chi connectivity index (χ0) is 23.6. The fourth-order valence-corrected chi connectivity index (χ4v) is 9.40. The first-order valence-corrected chi connectivity index (χ1v) is 14.1. The maximum Gasteiger partial charge on any atom is 0.211 e. The fraction of sp³-hybridized carbons (Fsp3) is 0.0625. The van der Waals surface area contributed by atoms with Crippen LogP contribution in [0.15, 0.2) is 115 Å². The Kier molecular flexibility index (Phi) is 4.56. The zero-order valence-electron chi connectivity index (χ0n) is 19.6. The lowest BCUT2D eigenvalue weighted by Gasteiger charge is -2.25. The number of fused-ring (bicyclic) bond motifs is 8. The van der Waals surface area contributed by atoms with Crippen molar-refractivity contribution in [1.29, 1.82) is 0 Å². The van der Waals surface area contributed by atoms with Crippen LogP contribution >= 0.6 is 7.14 Å². The summed E-state index contributed by atoms with van der Waals surface area (Å²) in [6.45, 7) is 2.54. The van der Waals surface area contributed by atoms with Crippen molar-refractivity contribution in [3.63, 3.8) is 0 Å². The molecule has 0 saturated carbocycles. The summed E-state index contributed by atoms with van der Waals surface area (Å²) in [5, 5.41) is 5.18. The first-order valence-electron chi connectivity index (χ1n) is 12.3. The van der Waals surface area contributed by atoms with Crippen LogP contribution in [0, 0.1) is 0 Å². The molecule has 5 aromatic carbocycles. The van der Waals surface area contributed by atoms with Crippen molar-refractivity contribution in [2.75, 3.05) is 0 Å². The normalized spacial score (nSPS) is 18.0. The van der Waals surface area contributed by atoms with Gasteiger partial charge in [-0.05, 0) is 39.1 Å². The molecule has 166 valence electrons. The highest BCUT2D eigenvalue weighted by Gasteiger charge is 2.44. The maximum absolute atomic E-state index is 15.7. The van der Waals surface area contributed by atoms with Gasteiger partial charge in [-0.25, -0.2) is 0 Å². The third-order valence-electron chi connectivity index (χ3n) is 7.78. The van der Waals surface area contributed by atoms with Gasteiger partial charge in [-0.15, -0.1) is 0 Å². The van der Waals surface area contributed by atoms with E-state index in [4.69, 9.17) is 0 Å². The second-order valence-corrected chi connectivity index (χ2v) is 12.2. The van der Waals surface area contributed by atoms with Crippen LogP contribution < -0.4 is 21.4 Å². The molecular weight excluding hydrogens is 442 g/mol. The molecule has 1 unspecified atom stereocenters. The highest BCUT2D eigenvalue weighted by molar-refractivity contribution is 7.85. The van der Waals surface area contributed by atoms with Crippen molar-refractivity contribution in [2.45, 2.75) is 13.2 Å². The molecule has 0 radical (unpaired) electrons. The van der Waals surface area contributed by atoms with Gasteiger partial charge in [0.05, 0.1) is 0 Å². The molecule has 3 heteroatoms. The van der Waals surface area contributed by atoms with Crippen LogP contribution in [-0.2, 0) is 4.57 Å². The Balaban J connectivity index is 1.74. The summed E-state index contributed by atoms with van der Waals surface area (Å²) >= 11 is 0. The molecule has 2 aliphatic rings. The van der Waals surface area contributed by atoms with E-state index >= 15 is 4.57 Å². The second-order valence-electron chi connectivity index (χ2n) is 9.48. The molecule has 2 heterocycles. The largest absolute Gasteiger partial charge is 0.309 e. The predicted molar refractivity (Wildman–Crippen MR) is 152 cm³/mol. The van der Waals surface area contributed by atoms with Gasteiger partial charge in [0.15, 0.2) is 7.14 Å². The second kappa shape index (κ2) is 7.70. The third kappa shape index (κ3) is 2.75. The molecule has 2 aliphatic heterocycles. The lowest BCUT2D eigenvalue weighted by molar-refractivity contribution is 0.592. The summed E-state index contributed by atoms with van der Waals surface area (Å²) in [5.74, 6) is 0. The van der Waals surface area contributed by atoms with Gasteiger partial charge >= 0.3 is 0 Å². The van der Waals surface area contributed by atoms with Crippen LogP contribution in [0.4, 0.5) is 0 Å². The highest BCUT2D eigenvalue weighted by Crippen LogP contribution is 2.53. The van der Waals surface area contributed by atoms with Gasteiger partial charge in [-0.2, -0.15) is 0 Å². The van der Waals surface area contributed by atoms with E-state index in [2.05, 4.69) is 85.8 Å². The first kappa shape index (κ1) is 20.7. The number of rotatable bonds is 2. The van der Waals surface area contributed by atoms with Gasteiger partial charge < -0.3 is 4.57 Å². The Hall–Kier alpha value is -3.61. The lowest BCUT2D eigenvalue weighted by atomic mass is 9.39. The minimum absolute atomic E-state index is 0.265. The first-order chi connectivity index (χ1) is 17.2. The Morgan fingerprint density at radius 2 is 1.34 bits per heavy atom. The van der Waals surface area contributed by atoms with Gasteiger partial charge in [-0.1, -0.05) is 133 Å². The van der Waals surface area contributed by atoms with E-state index in [1.165, 1.54) is 38.4 Å². The van der Waals surface area contributed by atoms with Gasteiger partial charge in [0.1, 0.15) is 0 Å². The van der Waals surface area contributed by atoms with Crippen molar-refractivity contribution in [3.8, 4) is 0 Å². The van der Waals surface area contributed by atoms with E-state index < -0.39 is 7.14 Å². The molecule has 7 rings (SSSR count). The van der Waals surface area contributed by atoms with Gasteiger partial charge in [-0.3, -0.25) is 0 Å². The summed E-state index contributed by atoms with van der Waals surface area (Å²) in [6, 6.07) is 40.2. The summed E-state index contributed by atoms with van der Waals surface area (Å²) in [4.78, 5) is 0. The van der Waals surface area contributed by atoms with E-state index in [1.54, 1.807) is 0 Å². The smallest absolute Gasteiger partial charge is 0.211 e. The molecule has 0 bridgehead atoms. The topological polar surface area (TPSA) is 17.1 Å². The SMILES string of the molecule is CCB1C2=C(c3ccccc31)c1ccccc1P(=O)(c1ccccc1)c1ccc3ccccc3c12. The molecular formula is C32H24BOP. The van der Waals surface area contributed by atoms with Gasteiger partial charge in [0.2, 0.25) is 6.71 Å². The average molecular weight is 466 g/mol. The molecule has 0 saturated heterocycles. The lowest BCUT2D eigenvalue weighted by Crippen LogP contribution is -2.32.